The van der Waals surface area contributed by atoms with Gasteiger partial charge in [0.15, 0.2) is 16.6 Å². The first kappa shape index (κ1) is 12.5. The molecule has 0 aliphatic heterocycles. The lowest BCUT2D eigenvalue weighted by Crippen LogP contribution is -2.40. The maximum atomic E-state index is 9.35. The number of aryl methyl sites for hydroxylation is 1. The van der Waals surface area contributed by atoms with Crippen molar-refractivity contribution >= 4 is 17.3 Å². The maximum Gasteiger partial charge on any atom is 0.180 e. The van der Waals surface area contributed by atoms with Crippen molar-refractivity contribution in [1.82, 2.24) is 10.7 Å². The molecule has 0 spiro atoms. The predicted molar refractivity (Wildman–Crippen MR) is 66.1 cm³/mol. The Balaban J connectivity index is 2.60. The highest BCUT2D eigenvalue weighted by atomic mass is 32.1. The van der Waals surface area contributed by atoms with E-state index in [2.05, 4.69) is 10.7 Å². The molecule has 16 heavy (non-hydrogen) atoms. The summed E-state index contributed by atoms with van der Waals surface area (Å²) in [6.45, 7) is 2.47. The summed E-state index contributed by atoms with van der Waals surface area (Å²) in [6.07, 6.45) is 0.682. The summed E-state index contributed by atoms with van der Waals surface area (Å²) in [7, 11) is 0. The summed E-state index contributed by atoms with van der Waals surface area (Å²) >= 11 is 4.81. The topological polar surface area (TPSA) is 90.5 Å². The molecule has 0 saturated heterocycles. The summed E-state index contributed by atoms with van der Waals surface area (Å²) in [5.74, 6) is 4.88. The molecule has 0 heterocycles. The second kappa shape index (κ2) is 5.53. The zero-order valence-electron chi connectivity index (χ0n) is 8.95. The number of rotatable bonds is 3. The summed E-state index contributed by atoms with van der Waals surface area (Å²) in [5.41, 5.74) is 4.18. The fraction of sp³-hybridized carbons (Fsp3) is 0.300. The molecule has 88 valence electrons. The molecule has 0 atom stereocenters. The average Bonchev–Trinajstić information content (AvgIpc) is 2.25. The van der Waals surface area contributed by atoms with Gasteiger partial charge in [-0.25, -0.2) is 5.84 Å². The normalized spacial score (nSPS) is 9.88. The molecule has 0 fully saturated rings. The van der Waals surface area contributed by atoms with Crippen molar-refractivity contribution in [2.45, 2.75) is 13.3 Å². The Morgan fingerprint density at radius 1 is 1.38 bits per heavy atom. The van der Waals surface area contributed by atoms with Gasteiger partial charge in [-0.3, -0.25) is 0 Å². The van der Waals surface area contributed by atoms with Gasteiger partial charge in [-0.2, -0.15) is 0 Å². The summed E-state index contributed by atoms with van der Waals surface area (Å²) in [4.78, 5) is 0. The molecule has 6 N–H and O–H groups in total. The van der Waals surface area contributed by atoms with Crippen molar-refractivity contribution in [2.24, 2.45) is 5.84 Å². The minimum atomic E-state index is -0.111. The van der Waals surface area contributed by atoms with Crippen LogP contribution in [0.1, 0.15) is 11.1 Å². The first-order valence-electron chi connectivity index (χ1n) is 4.80. The monoisotopic (exact) mass is 241 g/mol. The van der Waals surface area contributed by atoms with E-state index >= 15 is 0 Å². The lowest BCUT2D eigenvalue weighted by Gasteiger charge is -2.10. The van der Waals surface area contributed by atoms with Crippen LogP contribution in [0.2, 0.25) is 0 Å². The number of aromatic hydroxyl groups is 2. The highest BCUT2D eigenvalue weighted by molar-refractivity contribution is 7.80. The van der Waals surface area contributed by atoms with Gasteiger partial charge >= 0.3 is 0 Å². The van der Waals surface area contributed by atoms with E-state index in [1.807, 2.05) is 6.92 Å². The van der Waals surface area contributed by atoms with Gasteiger partial charge in [0, 0.05) is 6.54 Å². The van der Waals surface area contributed by atoms with Gasteiger partial charge in [0.05, 0.1) is 0 Å². The third-order valence-electron chi connectivity index (χ3n) is 2.24. The minimum Gasteiger partial charge on any atom is -0.504 e. The van der Waals surface area contributed by atoms with Crippen molar-refractivity contribution in [3.63, 3.8) is 0 Å². The number of hydrogen-bond donors (Lipinski definition) is 5. The predicted octanol–water partition coefficient (Wildman–Crippen LogP) is 0.287. The molecule has 0 aromatic heterocycles. The van der Waals surface area contributed by atoms with E-state index < -0.39 is 0 Å². The Labute approximate surface area is 99.2 Å². The first-order valence-corrected chi connectivity index (χ1v) is 5.21. The molecule has 0 unspecified atom stereocenters. The van der Waals surface area contributed by atoms with Gasteiger partial charge in [0.2, 0.25) is 0 Å². The third-order valence-corrected chi connectivity index (χ3v) is 2.51. The van der Waals surface area contributed by atoms with Gasteiger partial charge in [-0.05, 0) is 48.8 Å². The van der Waals surface area contributed by atoms with Crippen LogP contribution in [0.5, 0.6) is 11.5 Å². The van der Waals surface area contributed by atoms with Crippen LogP contribution in [0.25, 0.3) is 0 Å². The summed E-state index contributed by atoms with van der Waals surface area (Å²) < 4.78 is 0. The third kappa shape index (κ3) is 3.25. The molecule has 6 heteroatoms. The Morgan fingerprint density at radius 3 is 2.62 bits per heavy atom. The number of benzene rings is 1. The van der Waals surface area contributed by atoms with E-state index in [0.29, 0.717) is 18.1 Å². The summed E-state index contributed by atoms with van der Waals surface area (Å²) in [6, 6.07) is 3.08. The maximum absolute atomic E-state index is 9.35. The number of hydrogen-bond acceptors (Lipinski definition) is 4. The highest BCUT2D eigenvalue weighted by Gasteiger charge is 2.05. The van der Waals surface area contributed by atoms with Gasteiger partial charge in [0.1, 0.15) is 0 Å². The zero-order chi connectivity index (χ0) is 12.1. The van der Waals surface area contributed by atoms with Crippen LogP contribution in [-0.4, -0.2) is 21.9 Å². The molecule has 0 amide bonds. The first-order chi connectivity index (χ1) is 7.54. The Morgan fingerprint density at radius 2 is 2.00 bits per heavy atom. The van der Waals surface area contributed by atoms with E-state index in [9.17, 15) is 10.2 Å². The smallest absolute Gasteiger partial charge is 0.180 e. The van der Waals surface area contributed by atoms with Gasteiger partial charge in [0.25, 0.3) is 0 Å². The fourth-order valence-electron chi connectivity index (χ4n) is 1.36. The van der Waals surface area contributed by atoms with Crippen LogP contribution < -0.4 is 16.6 Å². The van der Waals surface area contributed by atoms with E-state index in [1.165, 1.54) is 6.07 Å². The molecule has 0 bridgehead atoms. The van der Waals surface area contributed by atoms with Crippen molar-refractivity contribution in [3.05, 3.63) is 23.3 Å². The number of hydrazine groups is 1. The van der Waals surface area contributed by atoms with Gasteiger partial charge < -0.3 is 21.0 Å². The Hall–Kier alpha value is -1.53. The van der Waals surface area contributed by atoms with Gasteiger partial charge in [-0.1, -0.05) is 0 Å². The van der Waals surface area contributed by atoms with Crippen molar-refractivity contribution < 1.29 is 10.2 Å². The second-order valence-corrected chi connectivity index (χ2v) is 3.83. The van der Waals surface area contributed by atoms with Crippen molar-refractivity contribution in [1.29, 1.82) is 0 Å². The molecule has 1 aromatic rings. The molecular weight excluding hydrogens is 226 g/mol. The Kier molecular flexibility index (Phi) is 4.33. The fourth-order valence-corrected chi connectivity index (χ4v) is 1.46. The molecule has 0 radical (unpaired) electrons. The molecule has 1 aromatic carbocycles. The number of phenolic OH excluding ortho intramolecular Hbond substituents is 2. The van der Waals surface area contributed by atoms with Crippen LogP contribution >= 0.6 is 12.2 Å². The van der Waals surface area contributed by atoms with E-state index in [1.54, 1.807) is 6.07 Å². The summed E-state index contributed by atoms with van der Waals surface area (Å²) in [5, 5.41) is 21.9. The van der Waals surface area contributed by atoms with E-state index in [4.69, 9.17) is 18.1 Å². The molecule has 0 aliphatic carbocycles. The van der Waals surface area contributed by atoms with Crippen LogP contribution in [-0.2, 0) is 6.42 Å². The van der Waals surface area contributed by atoms with Crippen LogP contribution in [0.4, 0.5) is 0 Å². The largest absolute Gasteiger partial charge is 0.504 e. The second-order valence-electron chi connectivity index (χ2n) is 3.42. The Bertz CT molecular complexity index is 396. The van der Waals surface area contributed by atoms with E-state index in [0.717, 1.165) is 11.1 Å². The number of nitrogens with two attached hydrogens (primary N) is 1. The number of phenols is 2. The molecular formula is C10H15N3O2S. The highest BCUT2D eigenvalue weighted by Crippen LogP contribution is 2.27. The van der Waals surface area contributed by atoms with Crippen molar-refractivity contribution in [2.75, 3.05) is 6.54 Å². The van der Waals surface area contributed by atoms with Gasteiger partial charge in [-0.15, -0.1) is 0 Å². The van der Waals surface area contributed by atoms with Crippen LogP contribution in [0.3, 0.4) is 0 Å². The molecule has 5 nitrogen and oxygen atoms in total. The zero-order valence-corrected chi connectivity index (χ0v) is 9.77. The molecule has 0 saturated carbocycles. The number of nitrogens with one attached hydrogen (secondary N) is 2. The standard InChI is InChI=1S/C10H15N3O2S/c1-6-4-8(14)9(15)5-7(6)2-3-12-10(16)13-11/h4-5,14-15H,2-3,11H2,1H3,(H2,12,13,16). The lowest BCUT2D eigenvalue weighted by atomic mass is 10.0. The molecule has 0 aliphatic rings. The van der Waals surface area contributed by atoms with Crippen LogP contribution in [0, 0.1) is 6.92 Å². The number of thiocarbonyl (C=S) groups is 1. The molecule has 1 rings (SSSR count). The van der Waals surface area contributed by atoms with Crippen LogP contribution in [0.15, 0.2) is 12.1 Å². The average molecular weight is 241 g/mol. The lowest BCUT2D eigenvalue weighted by molar-refractivity contribution is 0.402. The van der Waals surface area contributed by atoms with Crippen molar-refractivity contribution in [3.8, 4) is 11.5 Å². The van der Waals surface area contributed by atoms with E-state index in [-0.39, 0.29) is 11.5 Å². The SMILES string of the molecule is Cc1cc(O)c(O)cc1CCNC(=S)NN. The minimum absolute atomic E-state index is 0.103. The quantitative estimate of drug-likeness (QED) is 0.226.